The van der Waals surface area contributed by atoms with Gasteiger partial charge in [0.05, 0.1) is 6.61 Å². The van der Waals surface area contributed by atoms with Crippen molar-refractivity contribution in [1.82, 2.24) is 10.6 Å². The highest BCUT2D eigenvalue weighted by Crippen LogP contribution is 2.32. The van der Waals surface area contributed by atoms with Crippen molar-refractivity contribution < 1.29 is 4.74 Å². The van der Waals surface area contributed by atoms with Gasteiger partial charge in [0.25, 0.3) is 0 Å². The third-order valence-corrected chi connectivity index (χ3v) is 3.92. The Morgan fingerprint density at radius 2 is 2.41 bits per heavy atom. The highest BCUT2D eigenvalue weighted by molar-refractivity contribution is 9.10. The molecule has 0 aromatic heterocycles. The molecule has 0 saturated carbocycles. The molecule has 2 heterocycles. The lowest BCUT2D eigenvalue weighted by Gasteiger charge is -2.14. The molecular formula is C13H17BrN2O. The van der Waals surface area contributed by atoms with Crippen LogP contribution in [0, 0.1) is 0 Å². The van der Waals surface area contributed by atoms with Gasteiger partial charge < -0.3 is 15.4 Å². The van der Waals surface area contributed by atoms with Gasteiger partial charge in [0, 0.05) is 35.6 Å². The van der Waals surface area contributed by atoms with Crippen LogP contribution in [0.25, 0.3) is 0 Å². The van der Waals surface area contributed by atoms with E-state index in [1.54, 1.807) is 0 Å². The summed E-state index contributed by atoms with van der Waals surface area (Å²) in [7, 11) is 0. The summed E-state index contributed by atoms with van der Waals surface area (Å²) >= 11 is 3.57. The molecular weight excluding hydrogens is 280 g/mol. The second-order valence-electron chi connectivity index (χ2n) is 4.72. The summed E-state index contributed by atoms with van der Waals surface area (Å²) in [4.78, 5) is 0. The Morgan fingerprint density at radius 3 is 3.24 bits per heavy atom. The van der Waals surface area contributed by atoms with Gasteiger partial charge in [-0.25, -0.2) is 0 Å². The monoisotopic (exact) mass is 296 g/mol. The Kier molecular flexibility index (Phi) is 3.36. The van der Waals surface area contributed by atoms with E-state index in [0.717, 1.165) is 42.9 Å². The van der Waals surface area contributed by atoms with Crippen molar-refractivity contribution in [2.75, 3.05) is 19.7 Å². The van der Waals surface area contributed by atoms with Gasteiger partial charge in [-0.05, 0) is 30.7 Å². The van der Waals surface area contributed by atoms with Crippen LogP contribution in [-0.2, 0) is 13.0 Å². The van der Waals surface area contributed by atoms with Crippen LogP contribution in [0.2, 0.25) is 0 Å². The lowest BCUT2D eigenvalue weighted by molar-refractivity contribution is 0.351. The van der Waals surface area contributed by atoms with E-state index in [1.807, 2.05) is 0 Å². The minimum atomic E-state index is 0.603. The number of halogens is 1. The zero-order valence-electron chi connectivity index (χ0n) is 9.76. The van der Waals surface area contributed by atoms with E-state index in [9.17, 15) is 0 Å². The summed E-state index contributed by atoms with van der Waals surface area (Å²) in [5, 5.41) is 6.96. The lowest BCUT2D eigenvalue weighted by atomic mass is 10.1. The normalized spacial score (nSPS) is 22.5. The van der Waals surface area contributed by atoms with Crippen LogP contribution in [0.4, 0.5) is 0 Å². The van der Waals surface area contributed by atoms with Crippen molar-refractivity contribution in [1.29, 1.82) is 0 Å². The predicted octanol–water partition coefficient (Wildman–Crippen LogP) is 1.84. The molecule has 1 aromatic rings. The topological polar surface area (TPSA) is 33.3 Å². The Morgan fingerprint density at radius 1 is 1.47 bits per heavy atom. The van der Waals surface area contributed by atoms with Crippen LogP contribution >= 0.6 is 15.9 Å². The van der Waals surface area contributed by atoms with Crippen LogP contribution < -0.4 is 15.4 Å². The molecule has 1 saturated heterocycles. The summed E-state index contributed by atoms with van der Waals surface area (Å²) in [6, 6.07) is 4.94. The van der Waals surface area contributed by atoms with Crippen molar-refractivity contribution in [3.8, 4) is 5.75 Å². The van der Waals surface area contributed by atoms with E-state index in [2.05, 4.69) is 38.7 Å². The van der Waals surface area contributed by atoms with Gasteiger partial charge in [0.2, 0.25) is 0 Å². The first-order valence-corrected chi connectivity index (χ1v) is 7.00. The maximum Gasteiger partial charge on any atom is 0.127 e. The fourth-order valence-corrected chi connectivity index (χ4v) is 3.11. The Bertz CT molecular complexity index is 416. The summed E-state index contributed by atoms with van der Waals surface area (Å²) < 4.78 is 6.88. The number of fused-ring (bicyclic) bond motifs is 1. The Hall–Kier alpha value is -0.580. The average molecular weight is 297 g/mol. The van der Waals surface area contributed by atoms with Crippen LogP contribution in [0.3, 0.4) is 0 Å². The van der Waals surface area contributed by atoms with Crippen LogP contribution in [0.1, 0.15) is 17.5 Å². The number of ether oxygens (including phenoxy) is 1. The smallest absolute Gasteiger partial charge is 0.127 e. The van der Waals surface area contributed by atoms with E-state index >= 15 is 0 Å². The second-order valence-corrected chi connectivity index (χ2v) is 5.64. The Labute approximate surface area is 110 Å². The van der Waals surface area contributed by atoms with Crippen LogP contribution in [0.15, 0.2) is 16.6 Å². The largest absolute Gasteiger partial charge is 0.493 e. The van der Waals surface area contributed by atoms with E-state index in [0.29, 0.717) is 6.04 Å². The first kappa shape index (κ1) is 11.5. The molecule has 4 heteroatoms. The van der Waals surface area contributed by atoms with Gasteiger partial charge in [-0.1, -0.05) is 15.9 Å². The molecule has 0 spiro atoms. The molecule has 1 aromatic carbocycles. The molecule has 0 aliphatic carbocycles. The first-order valence-electron chi connectivity index (χ1n) is 6.21. The predicted molar refractivity (Wildman–Crippen MR) is 71.5 cm³/mol. The number of hydrogen-bond donors (Lipinski definition) is 2. The van der Waals surface area contributed by atoms with Crippen molar-refractivity contribution in [3.63, 3.8) is 0 Å². The molecule has 3 rings (SSSR count). The van der Waals surface area contributed by atoms with Crippen molar-refractivity contribution in [2.24, 2.45) is 0 Å². The fraction of sp³-hybridized carbons (Fsp3) is 0.538. The molecule has 2 aliphatic heterocycles. The summed E-state index contributed by atoms with van der Waals surface area (Å²) in [6.45, 7) is 3.93. The third kappa shape index (κ3) is 2.49. The summed E-state index contributed by atoms with van der Waals surface area (Å²) in [5.74, 6) is 1.10. The molecule has 1 unspecified atom stereocenters. The minimum absolute atomic E-state index is 0.603. The highest BCUT2D eigenvalue weighted by atomic mass is 79.9. The SMILES string of the molecule is Brc1cc2c(c(CNC3CCNC3)c1)OCC2. The van der Waals surface area contributed by atoms with Crippen molar-refractivity contribution in [3.05, 3.63) is 27.7 Å². The second kappa shape index (κ2) is 4.96. The zero-order valence-corrected chi connectivity index (χ0v) is 11.3. The minimum Gasteiger partial charge on any atom is -0.493 e. The van der Waals surface area contributed by atoms with Gasteiger partial charge in [0.15, 0.2) is 0 Å². The molecule has 1 atom stereocenters. The van der Waals surface area contributed by atoms with Gasteiger partial charge in [-0.2, -0.15) is 0 Å². The van der Waals surface area contributed by atoms with Gasteiger partial charge in [-0.3, -0.25) is 0 Å². The molecule has 0 radical (unpaired) electrons. The number of nitrogens with one attached hydrogen (secondary N) is 2. The fourth-order valence-electron chi connectivity index (χ4n) is 2.56. The van der Waals surface area contributed by atoms with E-state index in [-0.39, 0.29) is 0 Å². The van der Waals surface area contributed by atoms with Gasteiger partial charge in [-0.15, -0.1) is 0 Å². The lowest BCUT2D eigenvalue weighted by Crippen LogP contribution is -2.30. The Balaban J connectivity index is 1.73. The summed E-state index contributed by atoms with van der Waals surface area (Å²) in [5.41, 5.74) is 2.61. The average Bonchev–Trinajstić information content (AvgIpc) is 2.95. The zero-order chi connectivity index (χ0) is 11.7. The number of hydrogen-bond acceptors (Lipinski definition) is 3. The number of rotatable bonds is 3. The maximum atomic E-state index is 5.72. The third-order valence-electron chi connectivity index (χ3n) is 3.47. The van der Waals surface area contributed by atoms with Crippen molar-refractivity contribution >= 4 is 15.9 Å². The molecule has 0 bridgehead atoms. The van der Waals surface area contributed by atoms with Gasteiger partial charge in [0.1, 0.15) is 5.75 Å². The van der Waals surface area contributed by atoms with E-state index < -0.39 is 0 Å². The first-order chi connectivity index (χ1) is 8.33. The summed E-state index contributed by atoms with van der Waals surface area (Å²) in [6.07, 6.45) is 2.25. The standard InChI is InChI=1S/C13H17BrN2O/c14-11-5-9-2-4-17-13(9)10(6-11)7-16-12-1-3-15-8-12/h5-6,12,15-16H,1-4,7-8H2. The van der Waals surface area contributed by atoms with Crippen LogP contribution in [0.5, 0.6) is 5.75 Å². The highest BCUT2D eigenvalue weighted by Gasteiger charge is 2.19. The van der Waals surface area contributed by atoms with Crippen LogP contribution in [-0.4, -0.2) is 25.7 Å². The molecule has 0 amide bonds. The molecule has 1 fully saturated rings. The van der Waals surface area contributed by atoms with E-state index in [1.165, 1.54) is 17.5 Å². The molecule has 92 valence electrons. The van der Waals surface area contributed by atoms with Crippen molar-refractivity contribution in [2.45, 2.75) is 25.4 Å². The molecule has 3 nitrogen and oxygen atoms in total. The maximum absolute atomic E-state index is 5.72. The molecule has 2 aliphatic rings. The molecule has 2 N–H and O–H groups in total. The van der Waals surface area contributed by atoms with E-state index in [4.69, 9.17) is 4.74 Å². The van der Waals surface area contributed by atoms with Gasteiger partial charge >= 0.3 is 0 Å². The quantitative estimate of drug-likeness (QED) is 0.893. The molecule has 17 heavy (non-hydrogen) atoms. The number of benzene rings is 1.